The Balaban J connectivity index is 2.55. The van der Waals surface area contributed by atoms with Crippen molar-refractivity contribution in [2.75, 3.05) is 5.75 Å². The lowest BCUT2D eigenvalue weighted by molar-refractivity contribution is 0.102. The third-order valence-electron chi connectivity index (χ3n) is 2.16. The first kappa shape index (κ1) is 7.87. The van der Waals surface area contributed by atoms with Gasteiger partial charge < -0.3 is 0 Å². The molecule has 0 saturated heterocycles. The van der Waals surface area contributed by atoms with Gasteiger partial charge in [0.15, 0.2) is 5.78 Å². The zero-order valence-corrected chi connectivity index (χ0v) is 7.73. The number of rotatable bonds is 0. The van der Waals surface area contributed by atoms with E-state index < -0.39 is 0 Å². The number of ketones is 1. The van der Waals surface area contributed by atoms with Crippen molar-refractivity contribution >= 4 is 17.5 Å². The minimum Gasteiger partial charge on any atom is -0.293 e. The fourth-order valence-electron chi connectivity index (χ4n) is 1.47. The van der Waals surface area contributed by atoms with Gasteiger partial charge in [-0.15, -0.1) is 11.8 Å². The fraction of sp³-hybridized carbons (Fsp3) is 0.300. The minimum absolute atomic E-state index is 0.272. The number of Topliss-reactive ketones (excluding diaryl/α,β-unsaturated/α-hetero) is 1. The summed E-state index contributed by atoms with van der Waals surface area (Å²) in [5.41, 5.74) is 2.11. The molecule has 1 unspecified atom stereocenters. The van der Waals surface area contributed by atoms with Crippen LogP contribution in [0, 0.1) is 0 Å². The van der Waals surface area contributed by atoms with Crippen LogP contribution in [-0.4, -0.2) is 11.5 Å². The zero-order chi connectivity index (χ0) is 8.55. The summed E-state index contributed by atoms with van der Waals surface area (Å²) in [6.45, 7) is 2.15. The smallest absolute Gasteiger partial charge is 0.173 e. The summed E-state index contributed by atoms with van der Waals surface area (Å²) in [6, 6.07) is 7.89. The minimum atomic E-state index is 0.272. The third-order valence-corrected chi connectivity index (χ3v) is 3.35. The Kier molecular flexibility index (Phi) is 1.93. The van der Waals surface area contributed by atoms with Crippen LogP contribution in [0.1, 0.15) is 28.1 Å². The number of carbonyl (C=O) groups is 1. The Morgan fingerprint density at radius 1 is 1.42 bits per heavy atom. The van der Waals surface area contributed by atoms with Crippen LogP contribution in [0.3, 0.4) is 0 Å². The predicted molar refractivity (Wildman–Crippen MR) is 51.6 cm³/mol. The highest BCUT2D eigenvalue weighted by Gasteiger charge is 2.21. The molecule has 62 valence electrons. The lowest BCUT2D eigenvalue weighted by Gasteiger charge is -2.20. The van der Waals surface area contributed by atoms with E-state index in [0.29, 0.717) is 11.0 Å². The van der Waals surface area contributed by atoms with Crippen molar-refractivity contribution in [3.63, 3.8) is 0 Å². The van der Waals surface area contributed by atoms with E-state index in [4.69, 9.17) is 0 Å². The van der Waals surface area contributed by atoms with Crippen LogP contribution in [0.25, 0.3) is 0 Å². The molecule has 12 heavy (non-hydrogen) atoms. The molecule has 1 heterocycles. The summed E-state index contributed by atoms with van der Waals surface area (Å²) < 4.78 is 0. The maximum atomic E-state index is 11.4. The van der Waals surface area contributed by atoms with Crippen molar-refractivity contribution in [3.05, 3.63) is 35.4 Å². The highest BCUT2D eigenvalue weighted by molar-refractivity contribution is 8.00. The van der Waals surface area contributed by atoms with Gasteiger partial charge in [-0.1, -0.05) is 24.3 Å². The molecule has 2 rings (SSSR count). The first-order chi connectivity index (χ1) is 5.79. The molecule has 1 aliphatic rings. The summed E-state index contributed by atoms with van der Waals surface area (Å²) in [6.07, 6.45) is 0. The first-order valence-corrected chi connectivity index (χ1v) is 5.07. The van der Waals surface area contributed by atoms with Crippen LogP contribution in [0.2, 0.25) is 0 Å². The molecule has 2 heteroatoms. The van der Waals surface area contributed by atoms with E-state index >= 15 is 0 Å². The molecule has 0 amide bonds. The standard InChI is InChI=1S/C10H10OS/c1-7-8-4-2-3-5-9(8)10(11)6-12-7/h2-5,7H,6H2,1H3. The van der Waals surface area contributed by atoms with Crippen LogP contribution in [-0.2, 0) is 0 Å². The van der Waals surface area contributed by atoms with Gasteiger partial charge in [0.05, 0.1) is 5.75 Å². The van der Waals surface area contributed by atoms with E-state index in [1.54, 1.807) is 11.8 Å². The molecule has 0 bridgehead atoms. The molecule has 1 aromatic carbocycles. The molecule has 0 radical (unpaired) electrons. The summed E-state index contributed by atoms with van der Waals surface area (Å²) >= 11 is 1.72. The van der Waals surface area contributed by atoms with Gasteiger partial charge in [0.2, 0.25) is 0 Å². The molecule has 1 nitrogen and oxygen atoms in total. The van der Waals surface area contributed by atoms with E-state index in [1.165, 1.54) is 5.56 Å². The number of benzene rings is 1. The Morgan fingerprint density at radius 3 is 2.92 bits per heavy atom. The maximum Gasteiger partial charge on any atom is 0.173 e. The van der Waals surface area contributed by atoms with Crippen LogP contribution in [0.15, 0.2) is 24.3 Å². The highest BCUT2D eigenvalue weighted by atomic mass is 32.2. The Bertz CT molecular complexity index is 319. The van der Waals surface area contributed by atoms with E-state index in [2.05, 4.69) is 6.92 Å². The normalized spacial score (nSPS) is 22.1. The molecule has 1 atom stereocenters. The number of fused-ring (bicyclic) bond motifs is 1. The van der Waals surface area contributed by atoms with Gasteiger partial charge in [-0.2, -0.15) is 0 Å². The Morgan fingerprint density at radius 2 is 2.17 bits per heavy atom. The largest absolute Gasteiger partial charge is 0.293 e. The second kappa shape index (κ2) is 2.94. The predicted octanol–water partition coefficient (Wildman–Crippen LogP) is 2.68. The van der Waals surface area contributed by atoms with Gasteiger partial charge in [0, 0.05) is 10.8 Å². The van der Waals surface area contributed by atoms with Crippen molar-refractivity contribution in [1.82, 2.24) is 0 Å². The van der Waals surface area contributed by atoms with Gasteiger partial charge in [-0.3, -0.25) is 4.79 Å². The molecular formula is C10H10OS. The maximum absolute atomic E-state index is 11.4. The van der Waals surface area contributed by atoms with Crippen LogP contribution in [0.5, 0.6) is 0 Å². The van der Waals surface area contributed by atoms with E-state index in [0.717, 1.165) is 5.56 Å². The molecule has 0 aliphatic carbocycles. The molecule has 0 fully saturated rings. The fourth-order valence-corrected chi connectivity index (χ4v) is 2.42. The second-order valence-electron chi connectivity index (χ2n) is 2.96. The topological polar surface area (TPSA) is 17.1 Å². The first-order valence-electron chi connectivity index (χ1n) is 4.03. The summed E-state index contributed by atoms with van der Waals surface area (Å²) in [5.74, 6) is 0.909. The van der Waals surface area contributed by atoms with Crippen LogP contribution in [0.4, 0.5) is 0 Å². The summed E-state index contributed by atoms with van der Waals surface area (Å²) in [5, 5.41) is 0.471. The molecule has 0 saturated carbocycles. The Hall–Kier alpha value is -0.760. The molecule has 1 aromatic rings. The summed E-state index contributed by atoms with van der Waals surface area (Å²) in [4.78, 5) is 11.4. The van der Waals surface area contributed by atoms with Gasteiger partial charge in [-0.25, -0.2) is 0 Å². The van der Waals surface area contributed by atoms with Crippen molar-refractivity contribution in [2.24, 2.45) is 0 Å². The molecule has 0 N–H and O–H groups in total. The van der Waals surface area contributed by atoms with E-state index in [1.807, 2.05) is 24.3 Å². The second-order valence-corrected chi connectivity index (χ2v) is 4.29. The lowest BCUT2D eigenvalue weighted by Crippen LogP contribution is -2.13. The van der Waals surface area contributed by atoms with Gasteiger partial charge in [-0.05, 0) is 12.5 Å². The van der Waals surface area contributed by atoms with E-state index in [-0.39, 0.29) is 5.78 Å². The quantitative estimate of drug-likeness (QED) is 0.607. The lowest BCUT2D eigenvalue weighted by atomic mass is 10.0. The van der Waals surface area contributed by atoms with Gasteiger partial charge in [0.25, 0.3) is 0 Å². The third kappa shape index (κ3) is 1.16. The van der Waals surface area contributed by atoms with Crippen molar-refractivity contribution in [1.29, 1.82) is 0 Å². The van der Waals surface area contributed by atoms with E-state index in [9.17, 15) is 4.79 Å². The number of thioether (sulfide) groups is 1. The summed E-state index contributed by atoms with van der Waals surface area (Å²) in [7, 11) is 0. The highest BCUT2D eigenvalue weighted by Crippen LogP contribution is 2.35. The number of hydrogen-bond donors (Lipinski definition) is 0. The number of carbonyl (C=O) groups excluding carboxylic acids is 1. The zero-order valence-electron chi connectivity index (χ0n) is 6.91. The average molecular weight is 178 g/mol. The van der Waals surface area contributed by atoms with Crippen LogP contribution >= 0.6 is 11.8 Å². The van der Waals surface area contributed by atoms with Crippen molar-refractivity contribution in [2.45, 2.75) is 12.2 Å². The molecule has 0 aromatic heterocycles. The van der Waals surface area contributed by atoms with Crippen molar-refractivity contribution < 1.29 is 4.79 Å². The Labute approximate surface area is 76.2 Å². The average Bonchev–Trinajstić information content (AvgIpc) is 2.12. The van der Waals surface area contributed by atoms with Crippen molar-refractivity contribution in [3.8, 4) is 0 Å². The molecular weight excluding hydrogens is 168 g/mol. The number of hydrogen-bond acceptors (Lipinski definition) is 2. The van der Waals surface area contributed by atoms with Gasteiger partial charge >= 0.3 is 0 Å². The molecule has 1 aliphatic heterocycles. The van der Waals surface area contributed by atoms with Crippen LogP contribution < -0.4 is 0 Å². The SMILES string of the molecule is CC1SCC(=O)c2ccccc21. The molecule has 0 spiro atoms. The monoisotopic (exact) mass is 178 g/mol. The van der Waals surface area contributed by atoms with Gasteiger partial charge in [0.1, 0.15) is 0 Å².